The minimum atomic E-state index is -0.292. The van der Waals surface area contributed by atoms with Crippen molar-refractivity contribution in [3.63, 3.8) is 0 Å². The predicted molar refractivity (Wildman–Crippen MR) is 69.9 cm³/mol. The molecular weight excluding hydrogens is 244 g/mol. The van der Waals surface area contributed by atoms with Gasteiger partial charge in [0.25, 0.3) is 11.5 Å². The van der Waals surface area contributed by atoms with Crippen LogP contribution in [0.25, 0.3) is 0 Å². The zero-order valence-electron chi connectivity index (χ0n) is 10.9. The average molecular weight is 262 g/mol. The minimum Gasteiger partial charge on any atom is -0.337 e. The normalized spacial score (nSPS) is 29.2. The molecular formula is C13H18N4O2. The van der Waals surface area contributed by atoms with E-state index in [0.29, 0.717) is 17.8 Å². The van der Waals surface area contributed by atoms with Gasteiger partial charge in [-0.3, -0.25) is 9.59 Å². The number of fused-ring (bicyclic) bond motifs is 2. The summed E-state index contributed by atoms with van der Waals surface area (Å²) in [5.41, 5.74) is 0.00657. The molecule has 0 saturated carbocycles. The number of carbonyl (C=O) groups is 1. The number of hydrogen-bond acceptors (Lipinski definition) is 4. The quantitative estimate of drug-likeness (QED) is 0.794. The number of H-pyrrole nitrogens is 1. The van der Waals surface area contributed by atoms with E-state index in [4.69, 9.17) is 0 Å². The smallest absolute Gasteiger partial charge is 0.273 e. The van der Waals surface area contributed by atoms with Crippen LogP contribution in [0.4, 0.5) is 0 Å². The number of nitrogens with one attached hydrogen (secondary N) is 2. The van der Waals surface area contributed by atoms with Gasteiger partial charge in [0.05, 0.1) is 6.20 Å². The van der Waals surface area contributed by atoms with Crippen molar-refractivity contribution in [2.24, 2.45) is 0 Å². The lowest BCUT2D eigenvalue weighted by Crippen LogP contribution is -2.48. The van der Waals surface area contributed by atoms with Gasteiger partial charge in [-0.25, -0.2) is 4.98 Å². The maximum absolute atomic E-state index is 12.3. The van der Waals surface area contributed by atoms with E-state index in [1.54, 1.807) is 4.90 Å². The highest BCUT2D eigenvalue weighted by molar-refractivity contribution is 5.92. The number of hydrogen-bond donors (Lipinski definition) is 2. The zero-order valence-corrected chi connectivity index (χ0v) is 10.9. The van der Waals surface area contributed by atoms with Crippen molar-refractivity contribution < 1.29 is 4.79 Å². The second-order valence-corrected chi connectivity index (χ2v) is 5.48. The average Bonchev–Trinajstić information content (AvgIpc) is 2.76. The second-order valence-electron chi connectivity index (χ2n) is 5.48. The number of amides is 1. The molecule has 2 aliphatic rings. The van der Waals surface area contributed by atoms with Crippen molar-refractivity contribution in [1.29, 1.82) is 0 Å². The Balaban J connectivity index is 1.72. The summed E-state index contributed by atoms with van der Waals surface area (Å²) in [6, 6.07) is 1.35. The molecule has 102 valence electrons. The number of carbonyl (C=O) groups excluding carboxylic acids is 1. The highest BCUT2D eigenvalue weighted by atomic mass is 16.2. The Morgan fingerprint density at radius 2 is 2.05 bits per heavy atom. The third-order valence-electron chi connectivity index (χ3n) is 4.21. The standard InChI is InChI=1S/C13H18N4O2/c1-17(10-4-8-2-3-9(5-10)16-8)13(19)11-6-15-12(18)7-14-11/h6-10,16H,2-5H2,1H3,(H,15,18). The van der Waals surface area contributed by atoms with Gasteiger partial charge in [0, 0.05) is 31.4 Å². The van der Waals surface area contributed by atoms with Crippen molar-refractivity contribution in [1.82, 2.24) is 20.2 Å². The summed E-state index contributed by atoms with van der Waals surface area (Å²) in [7, 11) is 1.82. The Kier molecular flexibility index (Phi) is 3.10. The molecule has 2 saturated heterocycles. The van der Waals surface area contributed by atoms with Crippen LogP contribution in [-0.4, -0.2) is 45.9 Å². The third kappa shape index (κ3) is 2.40. The molecule has 6 nitrogen and oxygen atoms in total. The summed E-state index contributed by atoms with van der Waals surface area (Å²) in [6.07, 6.45) is 6.95. The van der Waals surface area contributed by atoms with E-state index in [-0.39, 0.29) is 17.5 Å². The maximum Gasteiger partial charge on any atom is 0.273 e. The van der Waals surface area contributed by atoms with Crippen molar-refractivity contribution in [2.45, 2.75) is 43.8 Å². The molecule has 0 aliphatic carbocycles. The van der Waals surface area contributed by atoms with Crippen LogP contribution in [-0.2, 0) is 0 Å². The number of rotatable bonds is 2. The molecule has 19 heavy (non-hydrogen) atoms. The summed E-state index contributed by atoms with van der Waals surface area (Å²) < 4.78 is 0. The number of aromatic nitrogens is 2. The monoisotopic (exact) mass is 262 g/mol. The molecule has 2 aliphatic heterocycles. The molecule has 1 amide bonds. The van der Waals surface area contributed by atoms with Crippen LogP contribution in [0.15, 0.2) is 17.2 Å². The lowest BCUT2D eigenvalue weighted by atomic mass is 9.98. The molecule has 2 fully saturated rings. The van der Waals surface area contributed by atoms with Crippen LogP contribution >= 0.6 is 0 Å². The van der Waals surface area contributed by atoms with E-state index in [9.17, 15) is 9.59 Å². The molecule has 2 bridgehead atoms. The molecule has 0 spiro atoms. The fourth-order valence-electron chi connectivity index (χ4n) is 3.15. The summed E-state index contributed by atoms with van der Waals surface area (Å²) in [5.74, 6) is -0.123. The Morgan fingerprint density at radius 3 is 2.63 bits per heavy atom. The first-order valence-electron chi connectivity index (χ1n) is 6.71. The first-order valence-corrected chi connectivity index (χ1v) is 6.71. The summed E-state index contributed by atoms with van der Waals surface area (Å²) in [6.45, 7) is 0. The van der Waals surface area contributed by atoms with E-state index < -0.39 is 0 Å². The molecule has 6 heteroatoms. The Morgan fingerprint density at radius 1 is 1.37 bits per heavy atom. The van der Waals surface area contributed by atoms with Crippen molar-refractivity contribution in [2.75, 3.05) is 7.05 Å². The number of piperidine rings is 1. The molecule has 1 aromatic rings. The Hall–Kier alpha value is -1.69. The van der Waals surface area contributed by atoms with Crippen LogP contribution in [0.1, 0.15) is 36.2 Å². The SMILES string of the molecule is CN(C(=O)c1c[nH]c(=O)cn1)C1CC2CCC(C1)N2. The van der Waals surface area contributed by atoms with E-state index >= 15 is 0 Å². The van der Waals surface area contributed by atoms with Crippen molar-refractivity contribution >= 4 is 5.91 Å². The fraction of sp³-hybridized carbons (Fsp3) is 0.615. The van der Waals surface area contributed by atoms with E-state index in [1.165, 1.54) is 19.0 Å². The first-order chi connectivity index (χ1) is 9.13. The molecule has 1 aromatic heterocycles. The largest absolute Gasteiger partial charge is 0.337 e. The highest BCUT2D eigenvalue weighted by Gasteiger charge is 2.36. The summed E-state index contributed by atoms with van der Waals surface area (Å²) in [4.78, 5) is 31.4. The second kappa shape index (κ2) is 4.77. The van der Waals surface area contributed by atoms with Gasteiger partial charge in [0.1, 0.15) is 5.69 Å². The number of aromatic amines is 1. The van der Waals surface area contributed by atoms with Crippen LogP contribution in [0.3, 0.4) is 0 Å². The summed E-state index contributed by atoms with van der Waals surface area (Å²) >= 11 is 0. The Labute approximate surface area is 111 Å². The molecule has 2 N–H and O–H groups in total. The topological polar surface area (TPSA) is 78.1 Å². The minimum absolute atomic E-state index is 0.123. The fourth-order valence-corrected chi connectivity index (χ4v) is 3.15. The molecule has 2 unspecified atom stereocenters. The van der Waals surface area contributed by atoms with E-state index in [0.717, 1.165) is 19.0 Å². The van der Waals surface area contributed by atoms with Gasteiger partial charge in [-0.2, -0.15) is 0 Å². The number of nitrogens with zero attached hydrogens (tertiary/aromatic N) is 2. The van der Waals surface area contributed by atoms with Crippen LogP contribution in [0.2, 0.25) is 0 Å². The van der Waals surface area contributed by atoms with E-state index in [1.807, 2.05) is 7.05 Å². The maximum atomic E-state index is 12.3. The van der Waals surface area contributed by atoms with Gasteiger partial charge in [-0.15, -0.1) is 0 Å². The molecule has 2 atom stereocenters. The Bertz CT molecular complexity index is 509. The van der Waals surface area contributed by atoms with Gasteiger partial charge in [-0.05, 0) is 25.7 Å². The summed E-state index contributed by atoms with van der Waals surface area (Å²) in [5, 5.41) is 3.56. The van der Waals surface area contributed by atoms with Gasteiger partial charge >= 0.3 is 0 Å². The first kappa shape index (κ1) is 12.3. The molecule has 0 aromatic carbocycles. The lowest BCUT2D eigenvalue weighted by Gasteiger charge is -2.35. The third-order valence-corrected chi connectivity index (χ3v) is 4.21. The van der Waals surface area contributed by atoms with E-state index in [2.05, 4.69) is 15.3 Å². The molecule has 3 rings (SSSR count). The van der Waals surface area contributed by atoms with Gasteiger partial charge in [-0.1, -0.05) is 0 Å². The van der Waals surface area contributed by atoms with Gasteiger partial charge < -0.3 is 15.2 Å². The lowest BCUT2D eigenvalue weighted by molar-refractivity contribution is 0.0675. The molecule has 3 heterocycles. The highest BCUT2D eigenvalue weighted by Crippen LogP contribution is 2.29. The van der Waals surface area contributed by atoms with Crippen LogP contribution < -0.4 is 10.9 Å². The molecule has 0 radical (unpaired) electrons. The predicted octanol–water partition coefficient (Wildman–Crippen LogP) is 0.125. The van der Waals surface area contributed by atoms with Gasteiger partial charge in [0.15, 0.2) is 0 Å². The zero-order chi connectivity index (χ0) is 13.4. The van der Waals surface area contributed by atoms with Crippen LogP contribution in [0, 0.1) is 0 Å². The van der Waals surface area contributed by atoms with Crippen molar-refractivity contribution in [3.8, 4) is 0 Å². The van der Waals surface area contributed by atoms with Crippen molar-refractivity contribution in [3.05, 3.63) is 28.4 Å². The van der Waals surface area contributed by atoms with Gasteiger partial charge in [0.2, 0.25) is 0 Å². The van der Waals surface area contributed by atoms with Crippen LogP contribution in [0.5, 0.6) is 0 Å².